The average molecular weight is 269 g/mol. The fraction of sp³-hybridized carbons (Fsp3) is 0.267. The highest BCUT2D eigenvalue weighted by molar-refractivity contribution is 5.91. The van der Waals surface area contributed by atoms with E-state index >= 15 is 0 Å². The van der Waals surface area contributed by atoms with Gasteiger partial charge in [-0.1, -0.05) is 25.1 Å². The van der Waals surface area contributed by atoms with Gasteiger partial charge in [-0.3, -0.25) is 9.78 Å². The molecular formula is C15H15N3O2. The molecular weight excluding hydrogens is 254 g/mol. The van der Waals surface area contributed by atoms with E-state index in [0.29, 0.717) is 0 Å². The van der Waals surface area contributed by atoms with E-state index in [1.54, 1.807) is 18.0 Å². The van der Waals surface area contributed by atoms with Crippen molar-refractivity contribution in [2.75, 3.05) is 18.0 Å². The largest absolute Gasteiger partial charge is 0.481 e. The van der Waals surface area contributed by atoms with Gasteiger partial charge in [-0.15, -0.1) is 0 Å². The highest BCUT2D eigenvalue weighted by atomic mass is 16.4. The summed E-state index contributed by atoms with van der Waals surface area (Å²) < 4.78 is 0. The lowest BCUT2D eigenvalue weighted by atomic mass is 10.1. The molecule has 1 heterocycles. The summed E-state index contributed by atoms with van der Waals surface area (Å²) in [5.74, 6) is -1.43. The fourth-order valence-corrected chi connectivity index (χ4v) is 2.09. The standard InChI is InChI=1S/C15H15N3O2/c1-11(15(19)20)10-18(9-7-16)13-6-2-4-12-5-3-8-17-14(12)13/h2-6,8,11H,9-10H2,1H3,(H,19,20). The molecule has 102 valence electrons. The molecule has 2 rings (SSSR count). The summed E-state index contributed by atoms with van der Waals surface area (Å²) in [6, 6.07) is 11.6. The molecule has 0 spiro atoms. The molecule has 0 aliphatic rings. The molecule has 0 saturated heterocycles. The lowest BCUT2D eigenvalue weighted by Crippen LogP contribution is -2.32. The maximum absolute atomic E-state index is 11.0. The molecule has 5 nitrogen and oxygen atoms in total. The number of carbonyl (C=O) groups is 1. The summed E-state index contributed by atoms with van der Waals surface area (Å²) in [5.41, 5.74) is 1.57. The SMILES string of the molecule is CC(CN(CC#N)c1cccc2cccnc12)C(=O)O. The second-order valence-electron chi connectivity index (χ2n) is 4.63. The van der Waals surface area contributed by atoms with E-state index in [9.17, 15) is 4.79 Å². The van der Waals surface area contributed by atoms with E-state index in [2.05, 4.69) is 11.1 Å². The molecule has 0 aliphatic carbocycles. The van der Waals surface area contributed by atoms with Crippen LogP contribution in [0.15, 0.2) is 36.5 Å². The van der Waals surface area contributed by atoms with Gasteiger partial charge in [0.25, 0.3) is 0 Å². The Balaban J connectivity index is 2.41. The predicted molar refractivity (Wildman–Crippen MR) is 76.4 cm³/mol. The number of pyridine rings is 1. The molecule has 1 N–H and O–H groups in total. The number of carboxylic acids is 1. The van der Waals surface area contributed by atoms with E-state index in [4.69, 9.17) is 10.4 Å². The number of fused-ring (bicyclic) bond motifs is 1. The number of hydrogen-bond acceptors (Lipinski definition) is 4. The minimum atomic E-state index is -0.874. The van der Waals surface area contributed by atoms with Crippen molar-refractivity contribution in [3.05, 3.63) is 36.5 Å². The van der Waals surface area contributed by atoms with Crippen molar-refractivity contribution >= 4 is 22.6 Å². The quantitative estimate of drug-likeness (QED) is 0.843. The summed E-state index contributed by atoms with van der Waals surface area (Å²) in [4.78, 5) is 17.1. The van der Waals surface area contributed by atoms with Gasteiger partial charge in [0.15, 0.2) is 0 Å². The molecule has 20 heavy (non-hydrogen) atoms. The van der Waals surface area contributed by atoms with Crippen molar-refractivity contribution in [2.45, 2.75) is 6.92 Å². The lowest BCUT2D eigenvalue weighted by molar-refractivity contribution is -0.140. The zero-order chi connectivity index (χ0) is 14.5. The Kier molecular flexibility index (Phi) is 4.16. The summed E-state index contributed by atoms with van der Waals surface area (Å²) in [6.07, 6.45) is 1.69. The van der Waals surface area contributed by atoms with Crippen molar-refractivity contribution in [2.24, 2.45) is 5.92 Å². The number of aromatic nitrogens is 1. The van der Waals surface area contributed by atoms with E-state index in [0.717, 1.165) is 16.6 Å². The van der Waals surface area contributed by atoms with Gasteiger partial charge in [0, 0.05) is 18.1 Å². The Hall–Kier alpha value is -2.61. The first-order valence-electron chi connectivity index (χ1n) is 6.32. The number of aliphatic carboxylic acids is 1. The van der Waals surface area contributed by atoms with Crippen LogP contribution in [0.2, 0.25) is 0 Å². The van der Waals surface area contributed by atoms with Crippen molar-refractivity contribution in [3.63, 3.8) is 0 Å². The van der Waals surface area contributed by atoms with Gasteiger partial charge in [0.1, 0.15) is 6.54 Å². The Labute approximate surface area is 117 Å². The van der Waals surface area contributed by atoms with E-state index in [1.807, 2.05) is 30.3 Å². The molecule has 0 aliphatic heterocycles. The van der Waals surface area contributed by atoms with Gasteiger partial charge < -0.3 is 10.0 Å². The topological polar surface area (TPSA) is 77.2 Å². The predicted octanol–water partition coefficient (Wildman–Crippen LogP) is 2.29. The van der Waals surface area contributed by atoms with Crippen LogP contribution in [-0.2, 0) is 4.79 Å². The highest BCUT2D eigenvalue weighted by Gasteiger charge is 2.18. The molecule has 1 aromatic heterocycles. The third-order valence-electron chi connectivity index (χ3n) is 3.13. The third kappa shape index (κ3) is 2.86. The molecule has 0 fully saturated rings. The zero-order valence-electron chi connectivity index (χ0n) is 11.2. The van der Waals surface area contributed by atoms with E-state index < -0.39 is 11.9 Å². The second kappa shape index (κ2) is 6.02. The van der Waals surface area contributed by atoms with Crippen LogP contribution in [0.4, 0.5) is 5.69 Å². The highest BCUT2D eigenvalue weighted by Crippen LogP contribution is 2.25. The van der Waals surface area contributed by atoms with Crippen LogP contribution < -0.4 is 4.90 Å². The van der Waals surface area contributed by atoms with Crippen LogP contribution in [-0.4, -0.2) is 29.1 Å². The van der Waals surface area contributed by atoms with Crippen molar-refractivity contribution in [3.8, 4) is 6.07 Å². The summed E-state index contributed by atoms with van der Waals surface area (Å²) in [7, 11) is 0. The Bertz CT molecular complexity index is 658. The van der Waals surface area contributed by atoms with Gasteiger partial charge in [0.05, 0.1) is 23.2 Å². The van der Waals surface area contributed by atoms with Crippen molar-refractivity contribution in [1.82, 2.24) is 4.98 Å². The Morgan fingerprint density at radius 2 is 2.20 bits per heavy atom. The molecule has 0 saturated carbocycles. The first-order valence-corrected chi connectivity index (χ1v) is 6.32. The third-order valence-corrected chi connectivity index (χ3v) is 3.13. The number of anilines is 1. The summed E-state index contributed by atoms with van der Waals surface area (Å²) >= 11 is 0. The molecule has 2 aromatic rings. The van der Waals surface area contributed by atoms with Gasteiger partial charge in [0.2, 0.25) is 0 Å². The maximum atomic E-state index is 11.0. The van der Waals surface area contributed by atoms with Crippen LogP contribution in [0.3, 0.4) is 0 Å². The average Bonchev–Trinajstić information content (AvgIpc) is 2.46. The van der Waals surface area contributed by atoms with Gasteiger partial charge >= 0.3 is 5.97 Å². The van der Waals surface area contributed by atoms with Crippen molar-refractivity contribution in [1.29, 1.82) is 5.26 Å². The first kappa shape index (κ1) is 13.8. The number of rotatable bonds is 5. The number of hydrogen-bond donors (Lipinski definition) is 1. The zero-order valence-corrected chi connectivity index (χ0v) is 11.2. The van der Waals surface area contributed by atoms with E-state index in [-0.39, 0.29) is 13.1 Å². The molecule has 5 heteroatoms. The normalized spacial score (nSPS) is 11.8. The van der Waals surface area contributed by atoms with Crippen LogP contribution in [0.25, 0.3) is 10.9 Å². The number of carboxylic acid groups (broad SMARTS) is 1. The number of nitriles is 1. The molecule has 1 unspecified atom stereocenters. The monoisotopic (exact) mass is 269 g/mol. The Morgan fingerprint density at radius 1 is 1.45 bits per heavy atom. The second-order valence-corrected chi connectivity index (χ2v) is 4.63. The lowest BCUT2D eigenvalue weighted by Gasteiger charge is -2.24. The molecule has 0 amide bonds. The molecule has 1 aromatic carbocycles. The summed E-state index contributed by atoms with van der Waals surface area (Å²) in [6.45, 7) is 2.04. The number of benzene rings is 1. The minimum absolute atomic E-state index is 0.132. The maximum Gasteiger partial charge on any atom is 0.308 e. The number of nitrogens with zero attached hydrogens (tertiary/aromatic N) is 3. The van der Waals surface area contributed by atoms with Crippen LogP contribution >= 0.6 is 0 Å². The molecule has 0 radical (unpaired) electrons. The van der Waals surface area contributed by atoms with Crippen molar-refractivity contribution < 1.29 is 9.90 Å². The van der Waals surface area contributed by atoms with Crippen LogP contribution in [0.1, 0.15) is 6.92 Å². The van der Waals surface area contributed by atoms with Gasteiger partial charge in [-0.05, 0) is 12.1 Å². The van der Waals surface area contributed by atoms with Crippen LogP contribution in [0, 0.1) is 17.2 Å². The van der Waals surface area contributed by atoms with Gasteiger partial charge in [-0.2, -0.15) is 5.26 Å². The smallest absolute Gasteiger partial charge is 0.308 e. The molecule has 1 atom stereocenters. The summed E-state index contributed by atoms with van der Waals surface area (Å²) in [5, 5.41) is 19.0. The molecule has 0 bridgehead atoms. The number of para-hydroxylation sites is 1. The fourth-order valence-electron chi connectivity index (χ4n) is 2.09. The Morgan fingerprint density at radius 3 is 2.90 bits per heavy atom. The van der Waals surface area contributed by atoms with Crippen LogP contribution in [0.5, 0.6) is 0 Å². The first-order chi connectivity index (χ1) is 9.63. The minimum Gasteiger partial charge on any atom is -0.481 e. The van der Waals surface area contributed by atoms with Gasteiger partial charge in [-0.25, -0.2) is 0 Å². The van der Waals surface area contributed by atoms with E-state index in [1.165, 1.54) is 0 Å².